The summed E-state index contributed by atoms with van der Waals surface area (Å²) in [5.41, 5.74) is 3.51. The number of nitrogens with one attached hydrogen (secondary N) is 1. The van der Waals surface area contributed by atoms with Crippen molar-refractivity contribution >= 4 is 73.7 Å². The van der Waals surface area contributed by atoms with Gasteiger partial charge >= 0.3 is 0 Å². The quantitative estimate of drug-likeness (QED) is 0.283. The summed E-state index contributed by atoms with van der Waals surface area (Å²) in [6.07, 6.45) is 1.80. The van der Waals surface area contributed by atoms with E-state index >= 15 is 0 Å². The van der Waals surface area contributed by atoms with Crippen molar-refractivity contribution in [2.45, 2.75) is 20.5 Å². The number of amidine groups is 1. The van der Waals surface area contributed by atoms with Crippen LogP contribution in [0.5, 0.6) is 11.5 Å². The number of nitrogens with zero attached hydrogens (tertiary/aromatic N) is 1. The van der Waals surface area contributed by atoms with E-state index in [9.17, 15) is 4.79 Å². The number of benzene rings is 3. The number of carbonyl (C=O) groups is 1. The van der Waals surface area contributed by atoms with Crippen molar-refractivity contribution in [3.05, 3.63) is 90.7 Å². The fourth-order valence-electron chi connectivity index (χ4n) is 3.20. The molecule has 0 bridgehead atoms. The highest BCUT2D eigenvalue weighted by Gasteiger charge is 2.24. The van der Waals surface area contributed by atoms with E-state index in [2.05, 4.69) is 26.2 Å². The Morgan fingerprint density at radius 2 is 1.80 bits per heavy atom. The second-order valence-corrected chi connectivity index (χ2v) is 10.3. The summed E-state index contributed by atoms with van der Waals surface area (Å²) < 4.78 is 12.6. The average Bonchev–Trinajstić information content (AvgIpc) is 3.16. The van der Waals surface area contributed by atoms with Crippen LogP contribution in [0.15, 0.2) is 69.0 Å². The third-order valence-electron chi connectivity index (χ3n) is 4.96. The van der Waals surface area contributed by atoms with Crippen LogP contribution in [0.4, 0.5) is 5.69 Å². The first-order valence-corrected chi connectivity index (χ1v) is 13.1. The maximum atomic E-state index is 12.6. The van der Waals surface area contributed by atoms with E-state index in [4.69, 9.17) is 32.7 Å². The van der Waals surface area contributed by atoms with E-state index in [1.807, 2.05) is 56.3 Å². The molecule has 0 atom stereocenters. The number of aryl methyl sites for hydroxylation is 1. The SMILES string of the molecule is CCOc1cc(/C=C2/SC(=Nc3ccc(C)cc3)NC2=O)c(Br)cc1OCc1ccc(Cl)cc1Cl. The van der Waals surface area contributed by atoms with Crippen molar-refractivity contribution in [3.63, 3.8) is 0 Å². The first-order chi connectivity index (χ1) is 16.8. The monoisotopic (exact) mass is 590 g/mol. The van der Waals surface area contributed by atoms with Gasteiger partial charge in [0.15, 0.2) is 16.7 Å². The molecule has 1 aliphatic heterocycles. The summed E-state index contributed by atoms with van der Waals surface area (Å²) in [5, 5.41) is 4.45. The van der Waals surface area contributed by atoms with Gasteiger partial charge in [-0.25, -0.2) is 4.99 Å². The van der Waals surface area contributed by atoms with Gasteiger partial charge in [-0.2, -0.15) is 0 Å². The van der Waals surface area contributed by atoms with E-state index in [-0.39, 0.29) is 12.5 Å². The predicted octanol–water partition coefficient (Wildman–Crippen LogP) is 7.93. The molecule has 1 aliphatic rings. The zero-order valence-electron chi connectivity index (χ0n) is 18.9. The third kappa shape index (κ3) is 6.61. The van der Waals surface area contributed by atoms with E-state index in [1.165, 1.54) is 11.8 Å². The standard InChI is InChI=1S/C26H21BrCl2N2O3S/c1-3-33-22-10-17(20(27)13-23(22)34-14-16-6-7-18(28)12-21(16)29)11-24-25(32)31-26(35-24)30-19-8-4-15(2)5-9-19/h4-13H,3,14H2,1-2H3,(H,30,31,32)/b24-11+. The lowest BCUT2D eigenvalue weighted by atomic mass is 10.1. The van der Waals surface area contributed by atoms with Gasteiger partial charge in [0, 0.05) is 20.1 Å². The summed E-state index contributed by atoms with van der Waals surface area (Å²) >= 11 is 17.1. The summed E-state index contributed by atoms with van der Waals surface area (Å²) in [7, 11) is 0. The van der Waals surface area contributed by atoms with Crippen molar-refractivity contribution < 1.29 is 14.3 Å². The summed E-state index contributed by atoms with van der Waals surface area (Å²) in [5.74, 6) is 0.907. The Bertz CT molecular complexity index is 1330. The molecule has 1 saturated heterocycles. The lowest BCUT2D eigenvalue weighted by Gasteiger charge is -2.15. The van der Waals surface area contributed by atoms with Crippen LogP contribution in [-0.2, 0) is 11.4 Å². The number of hydrogen-bond donors (Lipinski definition) is 1. The minimum Gasteiger partial charge on any atom is -0.490 e. The second kappa shape index (κ2) is 11.5. The van der Waals surface area contributed by atoms with Gasteiger partial charge in [0.1, 0.15) is 6.61 Å². The van der Waals surface area contributed by atoms with E-state index in [1.54, 1.807) is 18.2 Å². The smallest absolute Gasteiger partial charge is 0.264 e. The molecule has 0 aliphatic carbocycles. The number of hydrogen-bond acceptors (Lipinski definition) is 5. The summed E-state index contributed by atoms with van der Waals surface area (Å²) in [4.78, 5) is 17.6. The Labute approximate surface area is 226 Å². The molecule has 4 rings (SSSR count). The van der Waals surface area contributed by atoms with Gasteiger partial charge in [0.05, 0.1) is 17.2 Å². The second-order valence-electron chi connectivity index (χ2n) is 7.60. The third-order valence-corrected chi connectivity index (χ3v) is 7.15. The highest BCUT2D eigenvalue weighted by atomic mass is 79.9. The van der Waals surface area contributed by atoms with Crippen LogP contribution in [0.25, 0.3) is 6.08 Å². The number of rotatable bonds is 7. The molecule has 1 N–H and O–H groups in total. The van der Waals surface area contributed by atoms with Crippen molar-refractivity contribution in [2.24, 2.45) is 4.99 Å². The Morgan fingerprint density at radius 3 is 2.51 bits per heavy atom. The molecule has 180 valence electrons. The largest absolute Gasteiger partial charge is 0.490 e. The van der Waals surface area contributed by atoms with Crippen molar-refractivity contribution in [1.29, 1.82) is 0 Å². The molecule has 0 radical (unpaired) electrons. The molecule has 35 heavy (non-hydrogen) atoms. The molecule has 0 unspecified atom stereocenters. The van der Waals surface area contributed by atoms with Gasteiger partial charge in [-0.05, 0) is 73.6 Å². The van der Waals surface area contributed by atoms with Crippen LogP contribution in [0.1, 0.15) is 23.6 Å². The molecule has 0 spiro atoms. The molecule has 3 aromatic rings. The molecule has 3 aromatic carbocycles. The molecule has 1 heterocycles. The normalized spacial score (nSPS) is 15.5. The fraction of sp³-hybridized carbons (Fsp3) is 0.154. The van der Waals surface area contributed by atoms with Crippen LogP contribution in [0.3, 0.4) is 0 Å². The molecule has 1 amide bonds. The summed E-state index contributed by atoms with van der Waals surface area (Å²) in [6, 6.07) is 16.7. The van der Waals surface area contributed by atoms with E-state index in [0.29, 0.717) is 38.2 Å². The van der Waals surface area contributed by atoms with Crippen LogP contribution in [-0.4, -0.2) is 17.7 Å². The number of halogens is 3. The van der Waals surface area contributed by atoms with Gasteiger partial charge in [-0.1, -0.05) is 62.9 Å². The molecule has 0 saturated carbocycles. The number of carbonyl (C=O) groups excluding carboxylic acids is 1. The van der Waals surface area contributed by atoms with Crippen LogP contribution in [0.2, 0.25) is 10.0 Å². The Hall–Kier alpha value is -2.45. The first kappa shape index (κ1) is 25.6. The lowest BCUT2D eigenvalue weighted by Crippen LogP contribution is -2.19. The lowest BCUT2D eigenvalue weighted by molar-refractivity contribution is -0.115. The van der Waals surface area contributed by atoms with Crippen molar-refractivity contribution in [2.75, 3.05) is 6.61 Å². The maximum Gasteiger partial charge on any atom is 0.264 e. The molecule has 1 fully saturated rings. The zero-order valence-corrected chi connectivity index (χ0v) is 22.8. The molecule has 5 nitrogen and oxygen atoms in total. The van der Waals surface area contributed by atoms with Crippen molar-refractivity contribution in [1.82, 2.24) is 5.32 Å². The molecular weight excluding hydrogens is 571 g/mol. The highest BCUT2D eigenvalue weighted by molar-refractivity contribution is 9.10. The number of thioether (sulfide) groups is 1. The Balaban J connectivity index is 1.56. The molecular formula is C26H21BrCl2N2O3S. The van der Waals surface area contributed by atoms with Crippen LogP contribution >= 0.6 is 50.9 Å². The van der Waals surface area contributed by atoms with Gasteiger partial charge in [-0.3, -0.25) is 4.79 Å². The zero-order chi connectivity index (χ0) is 24.9. The minimum absolute atomic E-state index is 0.205. The minimum atomic E-state index is -0.205. The highest BCUT2D eigenvalue weighted by Crippen LogP contribution is 2.37. The van der Waals surface area contributed by atoms with Gasteiger partial charge in [0.2, 0.25) is 0 Å². The summed E-state index contributed by atoms with van der Waals surface area (Å²) in [6.45, 7) is 4.62. The van der Waals surface area contributed by atoms with Gasteiger partial charge in [-0.15, -0.1) is 0 Å². The predicted molar refractivity (Wildman–Crippen MR) is 148 cm³/mol. The van der Waals surface area contributed by atoms with E-state index in [0.717, 1.165) is 26.9 Å². The average molecular weight is 592 g/mol. The fourth-order valence-corrected chi connectivity index (χ4v) is 4.93. The van der Waals surface area contributed by atoms with E-state index < -0.39 is 0 Å². The Kier molecular flexibility index (Phi) is 8.44. The molecule has 9 heteroatoms. The molecule has 0 aromatic heterocycles. The van der Waals surface area contributed by atoms with Gasteiger partial charge in [0.25, 0.3) is 5.91 Å². The van der Waals surface area contributed by atoms with Crippen molar-refractivity contribution in [3.8, 4) is 11.5 Å². The first-order valence-electron chi connectivity index (χ1n) is 10.7. The van der Waals surface area contributed by atoms with Gasteiger partial charge < -0.3 is 14.8 Å². The number of aliphatic imine (C=N–C) groups is 1. The number of ether oxygens (including phenoxy) is 2. The topological polar surface area (TPSA) is 59.9 Å². The maximum absolute atomic E-state index is 12.6. The Morgan fingerprint density at radius 1 is 1.06 bits per heavy atom. The van der Waals surface area contributed by atoms with Crippen LogP contribution < -0.4 is 14.8 Å². The van der Waals surface area contributed by atoms with Crippen LogP contribution in [0, 0.1) is 6.92 Å². The number of amides is 1.